The van der Waals surface area contributed by atoms with Gasteiger partial charge in [0.2, 0.25) is 5.91 Å². The van der Waals surface area contributed by atoms with Crippen molar-refractivity contribution >= 4 is 5.91 Å². The molecule has 1 aromatic heterocycles. The summed E-state index contributed by atoms with van der Waals surface area (Å²) in [6.45, 7) is -0.155. The summed E-state index contributed by atoms with van der Waals surface area (Å²) in [6.07, 6.45) is 1.95. The van der Waals surface area contributed by atoms with E-state index in [1.165, 1.54) is 11.0 Å². The summed E-state index contributed by atoms with van der Waals surface area (Å²) >= 11 is 0. The van der Waals surface area contributed by atoms with E-state index in [2.05, 4.69) is 20.8 Å². The Bertz CT molecular complexity index is 778. The Hall–Kier alpha value is -3.06. The van der Waals surface area contributed by atoms with Crippen molar-refractivity contribution in [2.75, 3.05) is 6.61 Å². The maximum absolute atomic E-state index is 12.9. The fourth-order valence-electron chi connectivity index (χ4n) is 2.69. The normalized spacial score (nSPS) is 13.2. The number of amides is 1. The summed E-state index contributed by atoms with van der Waals surface area (Å²) in [5.74, 6) is -0.270. The lowest BCUT2D eigenvalue weighted by Crippen LogP contribution is -2.43. The smallest absolute Gasteiger partial charge is 0.249 e. The lowest BCUT2D eigenvalue weighted by Gasteiger charge is -2.21. The monoisotopic (exact) mass is 337 g/mol. The number of tetrazole rings is 1. The number of nitrogens with zero attached hydrogens (tertiary/aromatic N) is 4. The molecule has 0 spiro atoms. The summed E-state index contributed by atoms with van der Waals surface area (Å²) in [6, 6.07) is 17.9. The Labute approximate surface area is 145 Å². The zero-order valence-corrected chi connectivity index (χ0v) is 13.6. The van der Waals surface area contributed by atoms with Gasteiger partial charge in [0.05, 0.1) is 12.6 Å². The summed E-state index contributed by atoms with van der Waals surface area (Å²) in [7, 11) is 0. The molecule has 0 fully saturated rings. The zero-order valence-electron chi connectivity index (χ0n) is 13.6. The highest BCUT2D eigenvalue weighted by Crippen LogP contribution is 2.17. The molecule has 1 heterocycles. The molecule has 7 nitrogen and oxygen atoms in total. The van der Waals surface area contributed by atoms with Crippen LogP contribution in [0.4, 0.5) is 0 Å². The Balaban J connectivity index is 1.78. The first-order chi connectivity index (χ1) is 12.3. The van der Waals surface area contributed by atoms with Gasteiger partial charge in [0, 0.05) is 0 Å². The van der Waals surface area contributed by atoms with Crippen molar-refractivity contribution in [3.8, 4) is 0 Å². The van der Waals surface area contributed by atoms with E-state index in [0.29, 0.717) is 6.42 Å². The van der Waals surface area contributed by atoms with Crippen LogP contribution in [0.1, 0.15) is 17.2 Å². The number of carbonyl (C=O) groups is 1. The first kappa shape index (κ1) is 16.8. The molecule has 0 saturated heterocycles. The van der Waals surface area contributed by atoms with Crippen molar-refractivity contribution in [1.82, 2.24) is 25.5 Å². The number of aliphatic hydroxyl groups excluding tert-OH is 1. The van der Waals surface area contributed by atoms with Gasteiger partial charge in [-0.15, -0.1) is 5.10 Å². The summed E-state index contributed by atoms with van der Waals surface area (Å²) in [5, 5.41) is 23.7. The van der Waals surface area contributed by atoms with E-state index in [0.717, 1.165) is 11.1 Å². The number of carbonyl (C=O) groups excluding carboxylic acids is 1. The third-order valence-corrected chi connectivity index (χ3v) is 3.88. The minimum Gasteiger partial charge on any atom is -0.394 e. The molecule has 0 aliphatic carbocycles. The van der Waals surface area contributed by atoms with E-state index in [1.807, 2.05) is 60.7 Å². The molecule has 0 saturated carbocycles. The Morgan fingerprint density at radius 1 is 1.08 bits per heavy atom. The van der Waals surface area contributed by atoms with Crippen molar-refractivity contribution in [3.63, 3.8) is 0 Å². The van der Waals surface area contributed by atoms with Gasteiger partial charge in [-0.05, 0) is 28.0 Å². The van der Waals surface area contributed by atoms with Crippen LogP contribution < -0.4 is 5.32 Å². The number of aromatic nitrogens is 4. The van der Waals surface area contributed by atoms with Gasteiger partial charge in [-0.1, -0.05) is 60.7 Å². The third-order valence-electron chi connectivity index (χ3n) is 3.88. The van der Waals surface area contributed by atoms with Crippen LogP contribution in [0, 0.1) is 0 Å². The fourth-order valence-corrected chi connectivity index (χ4v) is 2.69. The molecule has 7 heteroatoms. The average Bonchev–Trinajstić information content (AvgIpc) is 3.17. The predicted octanol–water partition coefficient (Wildman–Crippen LogP) is 0.982. The Morgan fingerprint density at radius 3 is 2.36 bits per heavy atom. The van der Waals surface area contributed by atoms with Crippen LogP contribution in [0.3, 0.4) is 0 Å². The number of benzene rings is 2. The maximum atomic E-state index is 12.9. The van der Waals surface area contributed by atoms with Gasteiger partial charge >= 0.3 is 0 Å². The highest BCUT2D eigenvalue weighted by Gasteiger charge is 2.25. The largest absolute Gasteiger partial charge is 0.394 e. The number of rotatable bonds is 7. The van der Waals surface area contributed by atoms with Crippen molar-refractivity contribution in [1.29, 1.82) is 0 Å². The van der Waals surface area contributed by atoms with Crippen LogP contribution in [-0.2, 0) is 11.2 Å². The molecule has 3 aromatic rings. The first-order valence-corrected chi connectivity index (χ1v) is 8.00. The first-order valence-electron chi connectivity index (χ1n) is 8.00. The van der Waals surface area contributed by atoms with Crippen LogP contribution in [0.25, 0.3) is 0 Å². The molecular formula is C18H19N5O2. The number of nitrogens with one attached hydrogen (secondary N) is 1. The van der Waals surface area contributed by atoms with Gasteiger partial charge in [0.1, 0.15) is 6.33 Å². The van der Waals surface area contributed by atoms with Gasteiger partial charge in [-0.2, -0.15) is 0 Å². The molecular weight excluding hydrogens is 318 g/mol. The van der Waals surface area contributed by atoms with Crippen LogP contribution in [0.5, 0.6) is 0 Å². The molecule has 128 valence electrons. The molecule has 2 aromatic carbocycles. The summed E-state index contributed by atoms with van der Waals surface area (Å²) in [5.41, 5.74) is 1.81. The van der Waals surface area contributed by atoms with E-state index in [1.54, 1.807) is 0 Å². The molecule has 2 N–H and O–H groups in total. The second kappa shape index (κ2) is 8.16. The van der Waals surface area contributed by atoms with Crippen molar-refractivity contribution in [3.05, 3.63) is 78.1 Å². The summed E-state index contributed by atoms with van der Waals surface area (Å²) < 4.78 is 1.40. The lowest BCUT2D eigenvalue weighted by atomic mass is 10.0. The molecule has 2 atom stereocenters. The highest BCUT2D eigenvalue weighted by molar-refractivity contribution is 5.83. The van der Waals surface area contributed by atoms with Gasteiger partial charge in [-0.3, -0.25) is 4.79 Å². The van der Waals surface area contributed by atoms with E-state index < -0.39 is 12.1 Å². The molecule has 0 bridgehead atoms. The van der Waals surface area contributed by atoms with E-state index in [9.17, 15) is 9.90 Å². The van der Waals surface area contributed by atoms with Crippen molar-refractivity contribution in [2.24, 2.45) is 0 Å². The second-order valence-electron chi connectivity index (χ2n) is 5.68. The number of aliphatic hydroxyl groups is 1. The van der Waals surface area contributed by atoms with Gasteiger partial charge in [0.25, 0.3) is 0 Å². The Kier molecular flexibility index (Phi) is 5.48. The predicted molar refractivity (Wildman–Crippen MR) is 91.6 cm³/mol. The van der Waals surface area contributed by atoms with Crippen LogP contribution in [0.15, 0.2) is 67.0 Å². The maximum Gasteiger partial charge on any atom is 0.249 e. The number of hydrogen-bond acceptors (Lipinski definition) is 5. The fraction of sp³-hybridized carbons (Fsp3) is 0.222. The SMILES string of the molecule is O=C(N[C@H](CO)Cc1ccccc1)C(c1ccccc1)n1cnnn1. The van der Waals surface area contributed by atoms with E-state index in [4.69, 9.17) is 0 Å². The highest BCUT2D eigenvalue weighted by atomic mass is 16.3. The van der Waals surface area contributed by atoms with Crippen LogP contribution >= 0.6 is 0 Å². The molecule has 0 radical (unpaired) electrons. The minimum atomic E-state index is -0.693. The molecule has 0 aliphatic heterocycles. The molecule has 1 amide bonds. The lowest BCUT2D eigenvalue weighted by molar-refractivity contribution is -0.124. The van der Waals surface area contributed by atoms with Crippen molar-refractivity contribution in [2.45, 2.75) is 18.5 Å². The van der Waals surface area contributed by atoms with Crippen LogP contribution in [-0.4, -0.2) is 43.9 Å². The average molecular weight is 337 g/mol. The minimum absolute atomic E-state index is 0.155. The van der Waals surface area contributed by atoms with Gasteiger partial charge in [0.15, 0.2) is 6.04 Å². The topological polar surface area (TPSA) is 92.9 Å². The van der Waals surface area contributed by atoms with Crippen LogP contribution in [0.2, 0.25) is 0 Å². The molecule has 25 heavy (non-hydrogen) atoms. The Morgan fingerprint density at radius 2 is 1.76 bits per heavy atom. The van der Waals surface area contributed by atoms with E-state index >= 15 is 0 Å². The third kappa shape index (κ3) is 4.27. The number of hydrogen-bond donors (Lipinski definition) is 2. The molecule has 0 aliphatic rings. The second-order valence-corrected chi connectivity index (χ2v) is 5.68. The molecule has 3 rings (SSSR count). The van der Waals surface area contributed by atoms with Gasteiger partial charge < -0.3 is 10.4 Å². The van der Waals surface area contributed by atoms with E-state index in [-0.39, 0.29) is 12.5 Å². The zero-order chi connectivity index (χ0) is 17.5. The van der Waals surface area contributed by atoms with Gasteiger partial charge in [-0.25, -0.2) is 4.68 Å². The molecule has 1 unspecified atom stereocenters. The van der Waals surface area contributed by atoms with Crippen molar-refractivity contribution < 1.29 is 9.90 Å². The standard InChI is InChI=1S/C18H19N5O2/c24-12-16(11-14-7-3-1-4-8-14)20-18(25)17(23-13-19-21-22-23)15-9-5-2-6-10-15/h1-10,13,16-17,24H,11-12H2,(H,20,25)/t16-,17?/m0/s1. The summed E-state index contributed by atoms with van der Waals surface area (Å²) in [4.78, 5) is 12.9. The quantitative estimate of drug-likeness (QED) is 0.670.